The summed E-state index contributed by atoms with van der Waals surface area (Å²) in [5, 5.41) is 0. The predicted octanol–water partition coefficient (Wildman–Crippen LogP) is 1.40. The highest BCUT2D eigenvalue weighted by molar-refractivity contribution is 7.92. The summed E-state index contributed by atoms with van der Waals surface area (Å²) < 4.78 is 52.1. The fourth-order valence-electron chi connectivity index (χ4n) is 1.68. The summed E-state index contributed by atoms with van der Waals surface area (Å²) in [6.07, 6.45) is 0. The zero-order chi connectivity index (χ0) is 16.4. The van der Waals surface area contributed by atoms with E-state index >= 15 is 0 Å². The summed E-state index contributed by atoms with van der Waals surface area (Å²) in [6, 6.07) is 11.1. The van der Waals surface area contributed by atoms with Crippen molar-refractivity contribution in [1.82, 2.24) is 4.72 Å². The van der Waals surface area contributed by atoms with Gasteiger partial charge in [0, 0.05) is 11.4 Å². The zero-order valence-corrected chi connectivity index (χ0v) is 14.5. The third-order valence-corrected chi connectivity index (χ3v) is 5.70. The summed E-state index contributed by atoms with van der Waals surface area (Å²) in [7, 11) is -6.01. The van der Waals surface area contributed by atoms with Gasteiger partial charge in [-0.25, -0.2) is 21.6 Å². The van der Waals surface area contributed by atoms with Crippen molar-refractivity contribution in [1.29, 1.82) is 0 Å². The normalized spacial score (nSPS) is 11.5. The van der Waals surface area contributed by atoms with Gasteiger partial charge in [-0.2, -0.15) is 0 Å². The molecule has 4 N–H and O–H groups in total. The first-order valence-electron chi connectivity index (χ1n) is 6.16. The van der Waals surface area contributed by atoms with Gasteiger partial charge in [-0.3, -0.25) is 4.72 Å². The van der Waals surface area contributed by atoms with Gasteiger partial charge in [0.15, 0.2) is 0 Å². The van der Waals surface area contributed by atoms with Crippen LogP contribution in [0.5, 0.6) is 0 Å². The average molecular weight is 378 g/mol. The lowest BCUT2D eigenvalue weighted by Crippen LogP contribution is -2.18. The van der Waals surface area contributed by atoms with Crippen LogP contribution in [0.4, 0.5) is 11.4 Å². The van der Waals surface area contributed by atoms with Gasteiger partial charge in [-0.15, -0.1) is 12.4 Å². The number of nitrogen functional groups attached to an aromatic ring is 1. The number of nitrogens with one attached hydrogen (secondary N) is 2. The molecule has 126 valence electrons. The minimum atomic E-state index is -3.75. The standard InChI is InChI=1S/C13H15N3O4S2.ClH/c1-15-21(17,18)12-8-4-11(5-9-12)16-22(19,20)13-6-2-10(14)3-7-13;/h2-9,15-16H,14H2,1H3;1H. The average Bonchev–Trinajstić information content (AvgIpc) is 2.48. The van der Waals surface area contributed by atoms with Crippen molar-refractivity contribution in [3.8, 4) is 0 Å². The number of benzene rings is 2. The van der Waals surface area contributed by atoms with E-state index in [1.165, 1.54) is 55.6 Å². The Morgan fingerprint density at radius 3 is 1.70 bits per heavy atom. The van der Waals surface area contributed by atoms with E-state index in [0.717, 1.165) is 0 Å². The summed E-state index contributed by atoms with van der Waals surface area (Å²) in [5.74, 6) is 0. The molecule has 0 atom stereocenters. The minimum absolute atomic E-state index is 0. The zero-order valence-electron chi connectivity index (χ0n) is 12.1. The smallest absolute Gasteiger partial charge is 0.261 e. The molecule has 23 heavy (non-hydrogen) atoms. The highest BCUT2D eigenvalue weighted by atomic mass is 35.5. The number of hydrogen-bond donors (Lipinski definition) is 3. The number of halogens is 1. The number of hydrogen-bond acceptors (Lipinski definition) is 5. The lowest BCUT2D eigenvalue weighted by Gasteiger charge is -2.09. The monoisotopic (exact) mass is 377 g/mol. The van der Waals surface area contributed by atoms with Crippen LogP contribution < -0.4 is 15.2 Å². The second kappa shape index (κ2) is 7.18. The molecule has 0 unspecified atom stereocenters. The van der Waals surface area contributed by atoms with E-state index < -0.39 is 20.0 Å². The van der Waals surface area contributed by atoms with E-state index in [0.29, 0.717) is 5.69 Å². The molecule has 0 heterocycles. The topological polar surface area (TPSA) is 118 Å². The third-order valence-electron chi connectivity index (χ3n) is 2.88. The van der Waals surface area contributed by atoms with Crippen molar-refractivity contribution < 1.29 is 16.8 Å². The highest BCUT2D eigenvalue weighted by Crippen LogP contribution is 2.19. The molecule has 2 aromatic rings. The first-order chi connectivity index (χ1) is 10.2. The molecule has 0 saturated heterocycles. The lowest BCUT2D eigenvalue weighted by molar-refractivity contribution is 0.588. The maximum absolute atomic E-state index is 12.2. The molecule has 10 heteroatoms. The van der Waals surface area contributed by atoms with Crippen LogP contribution in [0.15, 0.2) is 58.3 Å². The van der Waals surface area contributed by atoms with Crippen LogP contribution in [0, 0.1) is 0 Å². The Morgan fingerprint density at radius 1 is 0.783 bits per heavy atom. The van der Waals surface area contributed by atoms with E-state index in [9.17, 15) is 16.8 Å². The Morgan fingerprint density at radius 2 is 1.22 bits per heavy atom. The van der Waals surface area contributed by atoms with Crippen LogP contribution in [0.25, 0.3) is 0 Å². The largest absolute Gasteiger partial charge is 0.399 e. The fraction of sp³-hybridized carbons (Fsp3) is 0.0769. The Balaban J connectivity index is 0.00000264. The Kier molecular flexibility index (Phi) is 6.00. The number of sulfonamides is 2. The fourth-order valence-corrected chi connectivity index (χ4v) is 3.47. The van der Waals surface area contributed by atoms with Crippen molar-refractivity contribution in [3.05, 3.63) is 48.5 Å². The second-order valence-corrected chi connectivity index (χ2v) is 7.98. The maximum atomic E-state index is 12.2. The van der Waals surface area contributed by atoms with Crippen molar-refractivity contribution in [2.45, 2.75) is 9.79 Å². The van der Waals surface area contributed by atoms with Crippen molar-refractivity contribution in [2.24, 2.45) is 0 Å². The molecular formula is C13H16ClN3O4S2. The van der Waals surface area contributed by atoms with Gasteiger partial charge < -0.3 is 5.73 Å². The van der Waals surface area contributed by atoms with Crippen LogP contribution >= 0.6 is 12.4 Å². The van der Waals surface area contributed by atoms with Crippen LogP contribution in [-0.4, -0.2) is 23.9 Å². The first kappa shape index (κ1) is 19.2. The van der Waals surface area contributed by atoms with Gasteiger partial charge >= 0.3 is 0 Å². The van der Waals surface area contributed by atoms with Gasteiger partial charge in [-0.1, -0.05) is 0 Å². The van der Waals surface area contributed by atoms with Gasteiger partial charge in [0.25, 0.3) is 10.0 Å². The molecule has 0 aliphatic carbocycles. The van der Waals surface area contributed by atoms with Gasteiger partial charge in [0.05, 0.1) is 9.79 Å². The molecule has 0 bridgehead atoms. The molecule has 0 aliphatic heterocycles. The molecule has 2 aromatic carbocycles. The second-order valence-electron chi connectivity index (χ2n) is 4.41. The molecule has 0 aromatic heterocycles. The minimum Gasteiger partial charge on any atom is -0.399 e. The Labute approximate surface area is 141 Å². The molecule has 0 aliphatic rings. The molecule has 0 fully saturated rings. The summed E-state index contributed by atoms with van der Waals surface area (Å²) in [6.45, 7) is 0. The van der Waals surface area contributed by atoms with Gasteiger partial charge in [0.2, 0.25) is 10.0 Å². The van der Waals surface area contributed by atoms with E-state index in [4.69, 9.17) is 5.73 Å². The SMILES string of the molecule is CNS(=O)(=O)c1ccc(NS(=O)(=O)c2ccc(N)cc2)cc1.Cl. The van der Waals surface area contributed by atoms with Crippen molar-refractivity contribution in [3.63, 3.8) is 0 Å². The maximum Gasteiger partial charge on any atom is 0.261 e. The lowest BCUT2D eigenvalue weighted by atomic mass is 10.3. The first-order valence-corrected chi connectivity index (χ1v) is 9.13. The summed E-state index contributed by atoms with van der Waals surface area (Å²) in [4.78, 5) is 0.110. The van der Waals surface area contributed by atoms with Crippen LogP contribution in [-0.2, 0) is 20.0 Å². The molecule has 0 spiro atoms. The van der Waals surface area contributed by atoms with Gasteiger partial charge in [0.1, 0.15) is 0 Å². The number of rotatable bonds is 5. The number of anilines is 2. The molecule has 0 amide bonds. The molecule has 2 rings (SSSR count). The van der Waals surface area contributed by atoms with Crippen molar-refractivity contribution in [2.75, 3.05) is 17.5 Å². The molecular weight excluding hydrogens is 362 g/mol. The van der Waals surface area contributed by atoms with E-state index in [1.807, 2.05) is 0 Å². The van der Waals surface area contributed by atoms with E-state index in [2.05, 4.69) is 9.44 Å². The molecule has 0 saturated carbocycles. The van der Waals surface area contributed by atoms with Crippen LogP contribution in [0.3, 0.4) is 0 Å². The summed E-state index contributed by atoms with van der Waals surface area (Å²) >= 11 is 0. The highest BCUT2D eigenvalue weighted by Gasteiger charge is 2.15. The number of nitrogens with two attached hydrogens (primary N) is 1. The van der Waals surface area contributed by atoms with E-state index in [1.54, 1.807) is 0 Å². The van der Waals surface area contributed by atoms with Crippen LogP contribution in [0.2, 0.25) is 0 Å². The quantitative estimate of drug-likeness (QED) is 0.680. The van der Waals surface area contributed by atoms with E-state index in [-0.39, 0.29) is 27.9 Å². The third kappa shape index (κ3) is 4.58. The molecule has 0 radical (unpaired) electrons. The Bertz CT molecular complexity index is 864. The molecule has 7 nitrogen and oxygen atoms in total. The van der Waals surface area contributed by atoms with Gasteiger partial charge in [-0.05, 0) is 55.6 Å². The summed E-state index contributed by atoms with van der Waals surface area (Å²) in [5.41, 5.74) is 6.23. The Hall–Kier alpha value is -1.81. The van der Waals surface area contributed by atoms with Crippen LogP contribution in [0.1, 0.15) is 0 Å². The van der Waals surface area contributed by atoms with Crippen molar-refractivity contribution >= 4 is 43.8 Å². The predicted molar refractivity (Wildman–Crippen MR) is 91.6 cm³/mol.